The lowest BCUT2D eigenvalue weighted by Crippen LogP contribution is -2.50. The highest BCUT2D eigenvalue weighted by Gasteiger charge is 2.31. The number of aryl methyl sites for hydroxylation is 2. The molecule has 0 saturated carbocycles. The fourth-order valence-electron chi connectivity index (χ4n) is 4.50. The molecular weight excluding hydrogens is 426 g/mol. The van der Waals surface area contributed by atoms with Gasteiger partial charge in [-0.05, 0) is 50.3 Å². The van der Waals surface area contributed by atoms with Crippen molar-refractivity contribution >= 4 is 29.0 Å². The van der Waals surface area contributed by atoms with Crippen molar-refractivity contribution in [2.24, 2.45) is 0 Å². The Labute approximate surface area is 190 Å². The van der Waals surface area contributed by atoms with E-state index in [2.05, 4.69) is 19.9 Å². The second-order valence-electron chi connectivity index (χ2n) is 8.42. The van der Waals surface area contributed by atoms with Crippen LogP contribution in [-0.4, -0.2) is 64.1 Å². The van der Waals surface area contributed by atoms with Gasteiger partial charge in [0.05, 0.1) is 12.1 Å². The van der Waals surface area contributed by atoms with E-state index in [1.807, 2.05) is 29.4 Å². The van der Waals surface area contributed by atoms with Crippen molar-refractivity contribution in [2.45, 2.75) is 32.6 Å². The third kappa shape index (κ3) is 4.22. The van der Waals surface area contributed by atoms with Gasteiger partial charge in [-0.15, -0.1) is 11.3 Å². The summed E-state index contributed by atoms with van der Waals surface area (Å²) in [6.45, 7) is 4.63. The first-order chi connectivity index (χ1) is 15.6. The molecule has 1 saturated heterocycles. The van der Waals surface area contributed by atoms with Crippen LogP contribution in [0, 0.1) is 6.92 Å². The van der Waals surface area contributed by atoms with Crippen LogP contribution in [0.1, 0.15) is 39.4 Å². The van der Waals surface area contributed by atoms with Crippen molar-refractivity contribution in [1.29, 1.82) is 0 Å². The fourth-order valence-corrected chi connectivity index (χ4v) is 5.85. The minimum Gasteiger partial charge on any atom is -0.360 e. The molecule has 1 aliphatic heterocycles. The second-order valence-corrected chi connectivity index (χ2v) is 9.50. The Morgan fingerprint density at radius 3 is 2.59 bits per heavy atom. The molecular formula is C23H27N5O3S. The first kappa shape index (κ1) is 21.0. The van der Waals surface area contributed by atoms with Crippen LogP contribution < -0.4 is 5.32 Å². The summed E-state index contributed by atoms with van der Waals surface area (Å²) in [7, 11) is 0. The number of rotatable bonds is 5. The summed E-state index contributed by atoms with van der Waals surface area (Å²) in [5, 5.41) is 7.59. The topological polar surface area (TPSA) is 83.6 Å². The number of nitrogens with zero attached hydrogens (tertiary/aromatic N) is 4. The van der Waals surface area contributed by atoms with Crippen LogP contribution in [0.5, 0.6) is 0 Å². The summed E-state index contributed by atoms with van der Waals surface area (Å²) in [6, 6.07) is 5.69. The molecule has 2 amide bonds. The molecule has 0 radical (unpaired) electrons. The van der Waals surface area contributed by atoms with E-state index in [-0.39, 0.29) is 18.4 Å². The van der Waals surface area contributed by atoms with Gasteiger partial charge in [0.1, 0.15) is 10.8 Å². The molecule has 1 N–H and O–H groups in total. The highest BCUT2D eigenvalue weighted by atomic mass is 32.1. The summed E-state index contributed by atoms with van der Waals surface area (Å²) >= 11 is 1.76. The molecule has 1 fully saturated rings. The lowest BCUT2D eigenvalue weighted by Gasteiger charge is -2.34. The van der Waals surface area contributed by atoms with Crippen LogP contribution in [0.4, 0.5) is 5.82 Å². The van der Waals surface area contributed by atoms with Crippen molar-refractivity contribution in [3.8, 4) is 5.00 Å². The maximum atomic E-state index is 13.6. The maximum Gasteiger partial charge on any atom is 0.257 e. The van der Waals surface area contributed by atoms with E-state index in [1.54, 1.807) is 24.3 Å². The number of carbonyl (C=O) groups excluding carboxylic acids is 2. The minimum absolute atomic E-state index is 0.121. The molecule has 2 aliphatic rings. The third-order valence-corrected chi connectivity index (χ3v) is 7.43. The van der Waals surface area contributed by atoms with Gasteiger partial charge in [0.15, 0.2) is 5.82 Å². The zero-order valence-electron chi connectivity index (χ0n) is 18.2. The van der Waals surface area contributed by atoms with Gasteiger partial charge in [-0.3, -0.25) is 14.5 Å². The Kier molecular flexibility index (Phi) is 5.84. The molecule has 0 spiro atoms. The number of thiophene rings is 1. The Hall–Kier alpha value is -2.91. The van der Waals surface area contributed by atoms with Gasteiger partial charge in [0.2, 0.25) is 5.91 Å². The summed E-state index contributed by atoms with van der Waals surface area (Å²) in [5.74, 6) is 1.08. The van der Waals surface area contributed by atoms with E-state index in [0.29, 0.717) is 37.8 Å². The summed E-state index contributed by atoms with van der Waals surface area (Å²) in [6.07, 6.45) is 8.41. The van der Waals surface area contributed by atoms with Crippen LogP contribution in [-0.2, 0) is 17.6 Å². The van der Waals surface area contributed by atoms with E-state index >= 15 is 0 Å². The normalized spacial score (nSPS) is 16.7. The number of carbonyl (C=O) groups is 2. The molecule has 4 heterocycles. The number of aromatic nitrogens is 2. The number of fused-ring (bicyclic) bond motifs is 1. The van der Waals surface area contributed by atoms with E-state index in [9.17, 15) is 9.59 Å². The van der Waals surface area contributed by atoms with Crippen LogP contribution in [0.2, 0.25) is 0 Å². The van der Waals surface area contributed by atoms with Gasteiger partial charge < -0.3 is 19.3 Å². The molecule has 0 atom stereocenters. The molecule has 8 nitrogen and oxygen atoms in total. The monoisotopic (exact) mass is 453 g/mol. The first-order valence-electron chi connectivity index (χ1n) is 11.1. The van der Waals surface area contributed by atoms with E-state index in [1.165, 1.54) is 16.9 Å². The standard InChI is InChI=1S/C23H27N5O3S/c1-16-14-19(25-31-16)24-20(29)15-26-10-12-27(13-11-26)22(30)21-17-6-2-3-7-18(17)32-23(21)28-8-4-5-9-28/h4-5,8-9,14H,2-3,6-7,10-13,15H2,1H3,(H,24,25,29). The SMILES string of the molecule is Cc1cc(NC(=O)CN2CCN(C(=O)c3c(-n4cccc4)sc4c3CCCC4)CC2)no1. The fraction of sp³-hybridized carbons (Fsp3) is 0.435. The summed E-state index contributed by atoms with van der Waals surface area (Å²) in [4.78, 5) is 31.3. The number of hydrogen-bond donors (Lipinski definition) is 1. The van der Waals surface area contributed by atoms with E-state index in [0.717, 1.165) is 29.8 Å². The molecule has 3 aromatic rings. The molecule has 168 valence electrons. The predicted molar refractivity (Wildman–Crippen MR) is 123 cm³/mol. The van der Waals surface area contributed by atoms with E-state index < -0.39 is 0 Å². The Morgan fingerprint density at radius 2 is 1.88 bits per heavy atom. The number of nitrogens with one attached hydrogen (secondary N) is 1. The highest BCUT2D eigenvalue weighted by molar-refractivity contribution is 7.15. The molecule has 5 rings (SSSR count). The molecule has 3 aromatic heterocycles. The van der Waals surface area contributed by atoms with Gasteiger partial charge in [0, 0.05) is 49.5 Å². The Balaban J connectivity index is 1.25. The van der Waals surface area contributed by atoms with Gasteiger partial charge >= 0.3 is 0 Å². The average molecular weight is 454 g/mol. The van der Waals surface area contributed by atoms with Crippen molar-refractivity contribution in [3.05, 3.63) is 52.4 Å². The summed E-state index contributed by atoms with van der Waals surface area (Å²) < 4.78 is 7.06. The van der Waals surface area contributed by atoms with Crippen molar-refractivity contribution < 1.29 is 14.1 Å². The Bertz CT molecular complexity index is 1110. The molecule has 0 bridgehead atoms. The molecule has 0 unspecified atom stereocenters. The maximum absolute atomic E-state index is 13.6. The highest BCUT2D eigenvalue weighted by Crippen LogP contribution is 2.37. The van der Waals surface area contributed by atoms with Crippen LogP contribution >= 0.6 is 11.3 Å². The average Bonchev–Trinajstić information content (AvgIpc) is 3.53. The predicted octanol–water partition coefficient (Wildman–Crippen LogP) is 3.11. The lowest BCUT2D eigenvalue weighted by atomic mass is 9.95. The number of amides is 2. The second kappa shape index (κ2) is 8.91. The van der Waals surface area contributed by atoms with Gasteiger partial charge in [-0.1, -0.05) is 5.16 Å². The van der Waals surface area contributed by atoms with Crippen molar-refractivity contribution in [3.63, 3.8) is 0 Å². The quantitative estimate of drug-likeness (QED) is 0.642. The van der Waals surface area contributed by atoms with E-state index in [4.69, 9.17) is 4.52 Å². The Morgan fingerprint density at radius 1 is 1.12 bits per heavy atom. The molecule has 32 heavy (non-hydrogen) atoms. The van der Waals surface area contributed by atoms with Crippen LogP contribution in [0.3, 0.4) is 0 Å². The zero-order valence-corrected chi connectivity index (χ0v) is 19.0. The zero-order chi connectivity index (χ0) is 22.1. The number of anilines is 1. The minimum atomic E-state index is -0.125. The lowest BCUT2D eigenvalue weighted by molar-refractivity contribution is -0.117. The molecule has 0 aromatic carbocycles. The number of hydrogen-bond acceptors (Lipinski definition) is 6. The third-order valence-electron chi connectivity index (χ3n) is 6.13. The largest absolute Gasteiger partial charge is 0.360 e. The van der Waals surface area contributed by atoms with Crippen LogP contribution in [0.25, 0.3) is 5.00 Å². The van der Waals surface area contributed by atoms with Crippen molar-refractivity contribution in [1.82, 2.24) is 19.5 Å². The molecule has 1 aliphatic carbocycles. The molecule has 9 heteroatoms. The smallest absolute Gasteiger partial charge is 0.257 e. The van der Waals surface area contributed by atoms with Crippen LogP contribution in [0.15, 0.2) is 35.1 Å². The first-order valence-corrected chi connectivity index (χ1v) is 11.9. The number of piperazine rings is 1. The van der Waals surface area contributed by atoms with Gasteiger partial charge in [-0.25, -0.2) is 0 Å². The van der Waals surface area contributed by atoms with Gasteiger partial charge in [0.25, 0.3) is 5.91 Å². The van der Waals surface area contributed by atoms with Gasteiger partial charge in [-0.2, -0.15) is 0 Å². The summed E-state index contributed by atoms with van der Waals surface area (Å²) in [5.41, 5.74) is 2.13. The van der Waals surface area contributed by atoms with Crippen molar-refractivity contribution in [2.75, 3.05) is 38.0 Å².